The van der Waals surface area contributed by atoms with E-state index in [4.69, 9.17) is 9.52 Å². The summed E-state index contributed by atoms with van der Waals surface area (Å²) >= 11 is 0. The average Bonchev–Trinajstić information content (AvgIpc) is 3.49. The topological polar surface area (TPSA) is 97.4 Å². The van der Waals surface area contributed by atoms with Crippen LogP contribution >= 0.6 is 0 Å². The molecule has 0 bridgehead atoms. The highest BCUT2D eigenvalue weighted by Gasteiger charge is 2.30. The number of hydrogen-bond acceptors (Lipinski definition) is 4. The molecule has 0 spiro atoms. The number of halogens is 3. The maximum absolute atomic E-state index is 13.2. The summed E-state index contributed by atoms with van der Waals surface area (Å²) in [5, 5.41) is 17.7. The molecule has 182 valence electrons. The lowest BCUT2D eigenvalue weighted by Gasteiger charge is -2.11. The van der Waals surface area contributed by atoms with Gasteiger partial charge in [0.2, 0.25) is 0 Å². The molecule has 0 aliphatic rings. The zero-order valence-corrected chi connectivity index (χ0v) is 18.5. The van der Waals surface area contributed by atoms with Gasteiger partial charge in [-0.3, -0.25) is 9.48 Å². The van der Waals surface area contributed by atoms with Gasteiger partial charge in [-0.1, -0.05) is 24.3 Å². The van der Waals surface area contributed by atoms with Gasteiger partial charge in [0.25, 0.3) is 5.91 Å². The number of carboxylic acids is 1. The molecule has 0 unspecified atom stereocenters. The summed E-state index contributed by atoms with van der Waals surface area (Å²) in [5.74, 6) is -1.45. The van der Waals surface area contributed by atoms with Crippen LogP contribution in [0.4, 0.5) is 13.2 Å². The summed E-state index contributed by atoms with van der Waals surface area (Å²) in [5.41, 5.74) is 2.00. The summed E-state index contributed by atoms with van der Waals surface area (Å²) in [7, 11) is 0. The first kappa shape index (κ1) is 23.2. The third-order valence-corrected chi connectivity index (χ3v) is 5.87. The lowest BCUT2D eigenvalue weighted by atomic mass is 10.1. The van der Waals surface area contributed by atoms with E-state index in [9.17, 15) is 22.8 Å². The van der Waals surface area contributed by atoms with Crippen molar-refractivity contribution in [2.45, 2.75) is 19.3 Å². The summed E-state index contributed by atoms with van der Waals surface area (Å²) in [4.78, 5) is 24.3. The molecule has 1 amide bonds. The van der Waals surface area contributed by atoms with Crippen molar-refractivity contribution < 1.29 is 32.3 Å². The molecular weight excluding hydrogens is 475 g/mol. The van der Waals surface area contributed by atoms with Crippen LogP contribution in [0, 0.1) is 0 Å². The van der Waals surface area contributed by atoms with E-state index in [-0.39, 0.29) is 18.7 Å². The highest BCUT2D eigenvalue weighted by atomic mass is 19.4. The van der Waals surface area contributed by atoms with E-state index in [1.807, 2.05) is 0 Å². The zero-order valence-electron chi connectivity index (χ0n) is 18.5. The Morgan fingerprint density at radius 2 is 1.67 bits per heavy atom. The van der Waals surface area contributed by atoms with Crippen LogP contribution in [0.1, 0.15) is 37.4 Å². The number of aromatic carboxylic acids is 1. The number of carbonyl (C=O) groups excluding carboxylic acids is 1. The SMILES string of the molecule is O=C(O)c1ccc(CNC(=O)c2cc3occc3c3cnn(Cc4ccc(C(F)(F)F)cc4)c23)cc1. The average molecular weight is 493 g/mol. The number of furan rings is 1. The molecule has 5 rings (SSSR count). The number of rotatable bonds is 6. The van der Waals surface area contributed by atoms with Gasteiger partial charge in [-0.05, 0) is 47.5 Å². The molecule has 2 N–H and O–H groups in total. The fourth-order valence-corrected chi connectivity index (χ4v) is 4.03. The van der Waals surface area contributed by atoms with E-state index in [0.717, 1.165) is 17.5 Å². The van der Waals surface area contributed by atoms with Crippen LogP contribution in [0.25, 0.3) is 21.9 Å². The lowest BCUT2D eigenvalue weighted by molar-refractivity contribution is -0.137. The quantitative estimate of drug-likeness (QED) is 0.327. The van der Waals surface area contributed by atoms with Crippen LogP contribution < -0.4 is 5.32 Å². The normalized spacial score (nSPS) is 11.8. The Morgan fingerprint density at radius 1 is 0.972 bits per heavy atom. The molecule has 2 aromatic heterocycles. The van der Waals surface area contributed by atoms with Crippen LogP contribution in [0.2, 0.25) is 0 Å². The van der Waals surface area contributed by atoms with E-state index in [2.05, 4.69) is 10.4 Å². The fourth-order valence-electron chi connectivity index (χ4n) is 4.03. The second-order valence-corrected chi connectivity index (χ2v) is 8.20. The van der Waals surface area contributed by atoms with Crippen LogP contribution in [0.3, 0.4) is 0 Å². The Labute approximate surface area is 201 Å². The predicted octanol–water partition coefficient (Wildman–Crippen LogP) is 5.48. The van der Waals surface area contributed by atoms with E-state index in [1.54, 1.807) is 35.1 Å². The van der Waals surface area contributed by atoms with Gasteiger partial charge in [-0.2, -0.15) is 18.3 Å². The molecular formula is C26H18F3N3O4. The number of carbonyl (C=O) groups is 2. The molecule has 5 aromatic rings. The van der Waals surface area contributed by atoms with Crippen LogP contribution in [0.15, 0.2) is 77.5 Å². The maximum Gasteiger partial charge on any atom is 0.416 e. The first-order chi connectivity index (χ1) is 17.2. The largest absolute Gasteiger partial charge is 0.478 e. The Morgan fingerprint density at radius 3 is 2.33 bits per heavy atom. The molecule has 0 saturated carbocycles. The molecule has 2 heterocycles. The number of nitrogens with zero attached hydrogens (tertiary/aromatic N) is 2. The fraction of sp³-hybridized carbons (Fsp3) is 0.115. The van der Waals surface area contributed by atoms with Crippen LogP contribution in [-0.2, 0) is 19.3 Å². The molecule has 0 saturated heterocycles. The molecule has 7 nitrogen and oxygen atoms in total. The highest BCUT2D eigenvalue weighted by Crippen LogP contribution is 2.31. The second kappa shape index (κ2) is 8.88. The first-order valence-electron chi connectivity index (χ1n) is 10.8. The van der Waals surface area contributed by atoms with Gasteiger partial charge in [0, 0.05) is 17.3 Å². The van der Waals surface area contributed by atoms with Crippen molar-refractivity contribution in [1.82, 2.24) is 15.1 Å². The molecule has 0 atom stereocenters. The predicted molar refractivity (Wildman–Crippen MR) is 125 cm³/mol. The molecule has 36 heavy (non-hydrogen) atoms. The van der Waals surface area contributed by atoms with E-state index >= 15 is 0 Å². The standard InChI is InChI=1S/C26H18F3N3O4/c27-26(28,29)18-7-3-16(4-8-18)14-32-23-20(11-22-19(9-10-36-22)21(23)13-31-32)24(33)30-12-15-1-5-17(6-2-15)25(34)35/h1-11,13H,12,14H2,(H,30,33)(H,34,35). The molecule has 0 fully saturated rings. The van der Waals surface area contributed by atoms with Crippen molar-refractivity contribution in [3.8, 4) is 0 Å². The van der Waals surface area contributed by atoms with Gasteiger partial charge in [-0.25, -0.2) is 4.79 Å². The van der Waals surface area contributed by atoms with Crippen molar-refractivity contribution >= 4 is 33.7 Å². The third-order valence-electron chi connectivity index (χ3n) is 5.87. The lowest BCUT2D eigenvalue weighted by Crippen LogP contribution is -2.23. The third kappa shape index (κ3) is 4.40. The molecule has 0 radical (unpaired) electrons. The first-order valence-corrected chi connectivity index (χ1v) is 10.8. The summed E-state index contributed by atoms with van der Waals surface area (Å²) < 4.78 is 45.8. The number of carboxylic acid groups (broad SMARTS) is 1. The summed E-state index contributed by atoms with van der Waals surface area (Å²) in [6.45, 7) is 0.311. The van der Waals surface area contributed by atoms with Gasteiger partial charge in [0.1, 0.15) is 5.58 Å². The van der Waals surface area contributed by atoms with Gasteiger partial charge in [0.15, 0.2) is 0 Å². The molecule has 0 aliphatic heterocycles. The molecule has 0 aliphatic carbocycles. The van der Waals surface area contributed by atoms with Crippen molar-refractivity contribution in [3.05, 3.63) is 101 Å². The van der Waals surface area contributed by atoms with Gasteiger partial charge >= 0.3 is 12.1 Å². The van der Waals surface area contributed by atoms with Crippen molar-refractivity contribution in [3.63, 3.8) is 0 Å². The minimum Gasteiger partial charge on any atom is -0.478 e. The Balaban J connectivity index is 1.46. The summed E-state index contributed by atoms with van der Waals surface area (Å²) in [6.07, 6.45) is -1.33. The van der Waals surface area contributed by atoms with E-state index < -0.39 is 23.6 Å². The number of benzene rings is 3. The minimum atomic E-state index is -4.43. The van der Waals surface area contributed by atoms with Crippen molar-refractivity contribution in [2.24, 2.45) is 0 Å². The van der Waals surface area contributed by atoms with E-state index in [0.29, 0.717) is 33.2 Å². The number of alkyl halides is 3. The number of amides is 1. The van der Waals surface area contributed by atoms with Gasteiger partial charge in [-0.15, -0.1) is 0 Å². The number of nitrogens with one attached hydrogen (secondary N) is 1. The maximum atomic E-state index is 13.2. The summed E-state index contributed by atoms with van der Waals surface area (Å²) in [6, 6.07) is 14.3. The number of hydrogen-bond donors (Lipinski definition) is 2. The highest BCUT2D eigenvalue weighted by molar-refractivity contribution is 6.14. The van der Waals surface area contributed by atoms with Crippen LogP contribution in [-0.4, -0.2) is 26.8 Å². The smallest absolute Gasteiger partial charge is 0.416 e. The second-order valence-electron chi connectivity index (χ2n) is 8.20. The van der Waals surface area contributed by atoms with Gasteiger partial charge in [0.05, 0.1) is 41.2 Å². The molecule has 10 heteroatoms. The zero-order chi connectivity index (χ0) is 25.4. The number of aromatic nitrogens is 2. The van der Waals surface area contributed by atoms with Gasteiger partial charge < -0.3 is 14.8 Å². The number of fused-ring (bicyclic) bond motifs is 3. The minimum absolute atomic E-state index is 0.141. The monoisotopic (exact) mass is 493 g/mol. The Kier molecular flexibility index (Phi) is 5.71. The molecule has 3 aromatic carbocycles. The van der Waals surface area contributed by atoms with Crippen LogP contribution in [0.5, 0.6) is 0 Å². The Hall–Kier alpha value is -4.60. The Bertz CT molecular complexity index is 1580. The van der Waals surface area contributed by atoms with Crippen molar-refractivity contribution in [1.29, 1.82) is 0 Å². The van der Waals surface area contributed by atoms with E-state index in [1.165, 1.54) is 30.5 Å². The van der Waals surface area contributed by atoms with Crippen molar-refractivity contribution in [2.75, 3.05) is 0 Å².